The highest BCUT2D eigenvalue weighted by atomic mass is 79.9. The van der Waals surface area contributed by atoms with Crippen LogP contribution in [0.15, 0.2) is 24.3 Å². The van der Waals surface area contributed by atoms with E-state index < -0.39 is 0 Å². The van der Waals surface area contributed by atoms with Crippen molar-refractivity contribution in [2.45, 2.75) is 25.1 Å². The molecule has 0 aliphatic rings. The molecule has 1 amide bonds. The van der Waals surface area contributed by atoms with E-state index in [1.165, 1.54) is 0 Å². The van der Waals surface area contributed by atoms with E-state index in [0.29, 0.717) is 28.7 Å². The lowest BCUT2D eigenvalue weighted by molar-refractivity contribution is -0.120. The van der Waals surface area contributed by atoms with Gasteiger partial charge < -0.3 is 5.32 Å². The molecule has 1 unspecified atom stereocenters. The highest BCUT2D eigenvalue weighted by Crippen LogP contribution is 2.12. The smallest absolute Gasteiger partial charge is 0.224 e. The minimum absolute atomic E-state index is 0.0253. The number of amides is 1. The summed E-state index contributed by atoms with van der Waals surface area (Å²) in [6, 6.07) is 7.37. The van der Waals surface area contributed by atoms with Crippen molar-refractivity contribution in [1.29, 1.82) is 0 Å². The number of halogens is 2. The maximum absolute atomic E-state index is 11.7. The molecule has 1 rings (SSSR count). The monoisotopic (exact) mass is 317 g/mol. The SMILES string of the molecule is CC(C)C(Br)CNC(=O)Cc1cccc(Cl)c1. The molecule has 0 saturated carbocycles. The van der Waals surface area contributed by atoms with E-state index in [0.717, 1.165) is 5.56 Å². The van der Waals surface area contributed by atoms with Crippen molar-refractivity contribution in [3.8, 4) is 0 Å². The van der Waals surface area contributed by atoms with Gasteiger partial charge in [-0.3, -0.25) is 4.79 Å². The molecule has 4 heteroatoms. The predicted octanol–water partition coefficient (Wildman–Crippen LogP) is 3.42. The zero-order valence-electron chi connectivity index (χ0n) is 10.0. The molecule has 0 aromatic heterocycles. The van der Waals surface area contributed by atoms with Gasteiger partial charge in [0, 0.05) is 16.4 Å². The summed E-state index contributed by atoms with van der Waals surface area (Å²) in [6.45, 7) is 4.88. The molecule has 1 aromatic rings. The highest BCUT2D eigenvalue weighted by molar-refractivity contribution is 9.09. The van der Waals surface area contributed by atoms with Gasteiger partial charge in [0.2, 0.25) is 5.91 Å². The second-order valence-corrected chi connectivity index (χ2v) is 5.98. The Kier molecular flexibility index (Phi) is 6.00. The van der Waals surface area contributed by atoms with Crippen molar-refractivity contribution in [3.05, 3.63) is 34.9 Å². The van der Waals surface area contributed by atoms with E-state index in [4.69, 9.17) is 11.6 Å². The second-order valence-electron chi connectivity index (χ2n) is 4.37. The predicted molar refractivity (Wildman–Crippen MR) is 75.7 cm³/mol. The summed E-state index contributed by atoms with van der Waals surface area (Å²) in [5.41, 5.74) is 0.936. The van der Waals surface area contributed by atoms with Crippen LogP contribution in [0.3, 0.4) is 0 Å². The number of carbonyl (C=O) groups excluding carboxylic acids is 1. The molecular formula is C13H17BrClNO. The Morgan fingerprint density at radius 2 is 2.18 bits per heavy atom. The van der Waals surface area contributed by atoms with Crippen LogP contribution in [0, 0.1) is 5.92 Å². The average Bonchev–Trinajstić information content (AvgIpc) is 2.25. The first-order chi connectivity index (χ1) is 7.99. The highest BCUT2D eigenvalue weighted by Gasteiger charge is 2.10. The van der Waals surface area contributed by atoms with Gasteiger partial charge in [0.15, 0.2) is 0 Å². The normalized spacial score (nSPS) is 12.5. The fraction of sp³-hybridized carbons (Fsp3) is 0.462. The lowest BCUT2D eigenvalue weighted by atomic mass is 10.1. The molecule has 0 heterocycles. The molecule has 0 fully saturated rings. The zero-order valence-corrected chi connectivity index (χ0v) is 12.4. The summed E-state index contributed by atoms with van der Waals surface area (Å²) in [7, 11) is 0. The van der Waals surface area contributed by atoms with Crippen LogP contribution < -0.4 is 5.32 Å². The Balaban J connectivity index is 2.40. The van der Waals surface area contributed by atoms with Crippen molar-refractivity contribution in [3.63, 3.8) is 0 Å². The van der Waals surface area contributed by atoms with E-state index in [-0.39, 0.29) is 5.91 Å². The summed E-state index contributed by atoms with van der Waals surface area (Å²) in [6.07, 6.45) is 0.373. The van der Waals surface area contributed by atoms with Gasteiger partial charge in [-0.1, -0.05) is 53.5 Å². The van der Waals surface area contributed by atoms with Gasteiger partial charge in [0.05, 0.1) is 6.42 Å². The number of hydrogen-bond acceptors (Lipinski definition) is 1. The van der Waals surface area contributed by atoms with Gasteiger partial charge in [0.25, 0.3) is 0 Å². The van der Waals surface area contributed by atoms with Crippen LogP contribution in [-0.2, 0) is 11.2 Å². The molecule has 0 bridgehead atoms. The van der Waals surface area contributed by atoms with E-state index in [1.807, 2.05) is 18.2 Å². The minimum atomic E-state index is 0.0253. The maximum Gasteiger partial charge on any atom is 0.224 e. The number of carbonyl (C=O) groups is 1. The molecule has 0 aliphatic carbocycles. The lowest BCUT2D eigenvalue weighted by Crippen LogP contribution is -2.32. The number of nitrogens with one attached hydrogen (secondary N) is 1. The first-order valence-electron chi connectivity index (χ1n) is 5.64. The van der Waals surface area contributed by atoms with Crippen molar-refractivity contribution in [2.75, 3.05) is 6.54 Å². The summed E-state index contributed by atoms with van der Waals surface area (Å²) in [5.74, 6) is 0.527. The number of benzene rings is 1. The van der Waals surface area contributed by atoms with E-state index in [1.54, 1.807) is 6.07 Å². The van der Waals surface area contributed by atoms with Crippen LogP contribution in [0.4, 0.5) is 0 Å². The first kappa shape index (κ1) is 14.5. The van der Waals surface area contributed by atoms with Crippen molar-refractivity contribution in [2.24, 2.45) is 5.92 Å². The second kappa shape index (κ2) is 7.02. The van der Waals surface area contributed by atoms with Gasteiger partial charge in [-0.25, -0.2) is 0 Å². The average molecular weight is 319 g/mol. The van der Waals surface area contributed by atoms with E-state index in [2.05, 4.69) is 35.1 Å². The number of alkyl halides is 1. The first-order valence-corrected chi connectivity index (χ1v) is 6.93. The number of rotatable bonds is 5. The Hall–Kier alpha value is -0.540. The van der Waals surface area contributed by atoms with Crippen molar-refractivity contribution in [1.82, 2.24) is 5.32 Å². The molecule has 94 valence electrons. The van der Waals surface area contributed by atoms with Gasteiger partial charge >= 0.3 is 0 Å². The Morgan fingerprint density at radius 1 is 1.47 bits per heavy atom. The summed E-state index contributed by atoms with van der Waals surface area (Å²) in [5, 5.41) is 3.57. The van der Waals surface area contributed by atoms with Crippen molar-refractivity contribution >= 4 is 33.4 Å². The summed E-state index contributed by atoms with van der Waals surface area (Å²) >= 11 is 9.39. The molecule has 0 spiro atoms. The topological polar surface area (TPSA) is 29.1 Å². The van der Waals surface area contributed by atoms with E-state index >= 15 is 0 Å². The Morgan fingerprint density at radius 3 is 2.76 bits per heavy atom. The van der Waals surface area contributed by atoms with E-state index in [9.17, 15) is 4.79 Å². The maximum atomic E-state index is 11.7. The molecule has 2 nitrogen and oxygen atoms in total. The molecule has 1 N–H and O–H groups in total. The number of hydrogen-bond donors (Lipinski definition) is 1. The third-order valence-electron chi connectivity index (χ3n) is 2.47. The van der Waals surface area contributed by atoms with Gasteiger partial charge in [-0.2, -0.15) is 0 Å². The fourth-order valence-electron chi connectivity index (χ4n) is 1.34. The third kappa shape index (κ3) is 5.55. The van der Waals surface area contributed by atoms with Crippen LogP contribution in [-0.4, -0.2) is 17.3 Å². The zero-order chi connectivity index (χ0) is 12.8. The van der Waals surface area contributed by atoms with Crippen LogP contribution in [0.2, 0.25) is 5.02 Å². The van der Waals surface area contributed by atoms with Gasteiger partial charge in [-0.05, 0) is 23.6 Å². The van der Waals surface area contributed by atoms with Crippen LogP contribution in [0.25, 0.3) is 0 Å². The largest absolute Gasteiger partial charge is 0.355 e. The van der Waals surface area contributed by atoms with Crippen LogP contribution in [0.5, 0.6) is 0 Å². The standard InChI is InChI=1S/C13H17BrClNO/c1-9(2)12(14)8-16-13(17)7-10-4-3-5-11(15)6-10/h3-6,9,12H,7-8H2,1-2H3,(H,16,17). The molecule has 0 radical (unpaired) electrons. The van der Waals surface area contributed by atoms with Gasteiger partial charge in [0.1, 0.15) is 0 Å². The molecular weight excluding hydrogens is 302 g/mol. The van der Waals surface area contributed by atoms with Crippen molar-refractivity contribution < 1.29 is 4.79 Å². The Bertz CT molecular complexity index is 381. The minimum Gasteiger partial charge on any atom is -0.355 e. The molecule has 1 atom stereocenters. The quantitative estimate of drug-likeness (QED) is 0.828. The fourth-order valence-corrected chi connectivity index (χ4v) is 1.72. The third-order valence-corrected chi connectivity index (χ3v) is 4.09. The van der Waals surface area contributed by atoms with Gasteiger partial charge in [-0.15, -0.1) is 0 Å². The molecule has 0 saturated heterocycles. The summed E-state index contributed by atoms with van der Waals surface area (Å²) in [4.78, 5) is 12.0. The van der Waals surface area contributed by atoms with Crippen LogP contribution in [0.1, 0.15) is 19.4 Å². The molecule has 17 heavy (non-hydrogen) atoms. The molecule has 1 aromatic carbocycles. The lowest BCUT2D eigenvalue weighted by Gasteiger charge is -2.14. The molecule has 0 aliphatic heterocycles. The summed E-state index contributed by atoms with van der Waals surface area (Å²) < 4.78 is 0. The van der Waals surface area contributed by atoms with Crippen LogP contribution >= 0.6 is 27.5 Å². The Labute approximate surface area is 116 Å².